The van der Waals surface area contributed by atoms with Crippen LogP contribution in [0.4, 0.5) is 83.4 Å². The van der Waals surface area contributed by atoms with Crippen LogP contribution in [-0.2, 0) is 0 Å². The summed E-state index contributed by atoms with van der Waals surface area (Å²) >= 11 is 0. The molecule has 19 heteroatoms. The van der Waals surface area contributed by atoms with Crippen LogP contribution in [0.3, 0.4) is 0 Å². The fourth-order valence-electron chi connectivity index (χ4n) is 1.44. The first kappa shape index (κ1) is 27.7. The number of alkyl halides is 19. The molecule has 0 aromatic rings. The van der Waals surface area contributed by atoms with E-state index < -0.39 is 60.5 Å². The molecule has 0 saturated heterocycles. The Morgan fingerprint density at radius 1 is 0.276 bits per heavy atom. The molecule has 0 N–H and O–H groups in total. The highest BCUT2D eigenvalue weighted by atomic mass is 19.4. The van der Waals surface area contributed by atoms with Crippen LogP contribution >= 0.6 is 0 Å². The minimum Gasteiger partial charge on any atom is -0.200 e. The summed E-state index contributed by atoms with van der Waals surface area (Å²) in [7, 11) is 0. The molecule has 0 heterocycles. The SMILES string of the molecule is CC(F)(F)C(F)(F)C(F)(F)C(F)(F)C(F)(F)C(F)(F)C(F)(F)C(F)(F)C(F)(F)F. The van der Waals surface area contributed by atoms with Crippen molar-refractivity contribution < 1.29 is 83.4 Å². The maximum absolute atomic E-state index is 13.1. The molecule has 176 valence electrons. The first-order chi connectivity index (χ1) is 12.0. The second kappa shape index (κ2) is 6.34. The lowest BCUT2D eigenvalue weighted by atomic mass is 9.87. The van der Waals surface area contributed by atoms with Crippen molar-refractivity contribution in [3.63, 3.8) is 0 Å². The standard InChI is InChI=1S/C10H3F19/c1-2(11,12)3(13,14)4(15,16)5(17,18)6(19,20)7(21,22)8(23,24)9(25,26)10(27,28)29/h1H3. The zero-order valence-electron chi connectivity index (χ0n) is 12.7. The van der Waals surface area contributed by atoms with E-state index in [0.717, 1.165) is 0 Å². The molecular weight excluding hydrogens is 481 g/mol. The summed E-state index contributed by atoms with van der Waals surface area (Å²) in [5.74, 6) is -65.8. The molecule has 0 spiro atoms. The van der Waals surface area contributed by atoms with Crippen LogP contribution < -0.4 is 0 Å². The van der Waals surface area contributed by atoms with Gasteiger partial charge in [-0.25, -0.2) is 0 Å². The Kier molecular flexibility index (Phi) is 6.04. The maximum Gasteiger partial charge on any atom is 0.460 e. The predicted molar refractivity (Wildman–Crippen MR) is 51.3 cm³/mol. The Balaban J connectivity index is 6.82. The topological polar surface area (TPSA) is 0 Å². The molecule has 0 nitrogen and oxygen atoms in total. The highest BCUT2D eigenvalue weighted by Gasteiger charge is 2.96. The van der Waals surface area contributed by atoms with E-state index >= 15 is 0 Å². The van der Waals surface area contributed by atoms with Gasteiger partial charge in [-0.3, -0.25) is 0 Å². The van der Waals surface area contributed by atoms with Gasteiger partial charge in [0.05, 0.1) is 0 Å². The largest absolute Gasteiger partial charge is 0.460 e. The third-order valence-corrected chi connectivity index (χ3v) is 3.27. The van der Waals surface area contributed by atoms with Gasteiger partial charge in [0, 0.05) is 6.92 Å². The minimum absolute atomic E-state index is 1.33. The molecule has 0 aliphatic heterocycles. The predicted octanol–water partition coefficient (Wildman–Crippen LogP) is 6.65. The Labute approximate surface area is 145 Å². The van der Waals surface area contributed by atoms with E-state index in [2.05, 4.69) is 0 Å². The van der Waals surface area contributed by atoms with E-state index in [-0.39, 0.29) is 0 Å². The van der Waals surface area contributed by atoms with Crippen molar-refractivity contribution in [2.24, 2.45) is 0 Å². The molecule has 0 unspecified atom stereocenters. The van der Waals surface area contributed by atoms with Gasteiger partial charge in [-0.2, -0.15) is 83.4 Å². The number of rotatable bonds is 7. The monoisotopic (exact) mass is 484 g/mol. The van der Waals surface area contributed by atoms with Crippen LogP contribution in [0, 0.1) is 0 Å². The summed E-state index contributed by atoms with van der Waals surface area (Å²) in [5, 5.41) is 0. The van der Waals surface area contributed by atoms with E-state index in [1.54, 1.807) is 0 Å². The van der Waals surface area contributed by atoms with Crippen molar-refractivity contribution in [2.75, 3.05) is 0 Å². The van der Waals surface area contributed by atoms with Crippen LogP contribution in [0.5, 0.6) is 0 Å². The van der Waals surface area contributed by atoms with Crippen LogP contribution in [0.25, 0.3) is 0 Å². The molecule has 0 amide bonds. The fourth-order valence-corrected chi connectivity index (χ4v) is 1.44. The van der Waals surface area contributed by atoms with E-state index in [9.17, 15) is 83.4 Å². The van der Waals surface area contributed by atoms with Crippen LogP contribution in [0.1, 0.15) is 6.92 Å². The van der Waals surface area contributed by atoms with Gasteiger partial charge in [0.25, 0.3) is 0 Å². The summed E-state index contributed by atoms with van der Waals surface area (Å²) < 4.78 is 240. The van der Waals surface area contributed by atoms with Gasteiger partial charge in [-0.05, 0) is 0 Å². The van der Waals surface area contributed by atoms with Crippen molar-refractivity contribution in [3.8, 4) is 0 Å². The molecule has 0 saturated carbocycles. The second-order valence-corrected chi connectivity index (χ2v) is 5.41. The average Bonchev–Trinajstić information content (AvgIpc) is 2.43. The van der Waals surface area contributed by atoms with Crippen molar-refractivity contribution in [1.82, 2.24) is 0 Å². The van der Waals surface area contributed by atoms with E-state index in [4.69, 9.17) is 0 Å². The molecule has 0 aromatic heterocycles. The quantitative estimate of drug-likeness (QED) is 0.355. The lowest BCUT2D eigenvalue weighted by molar-refractivity contribution is -0.468. The van der Waals surface area contributed by atoms with Crippen molar-refractivity contribution >= 4 is 0 Å². The molecular formula is C10H3F19. The van der Waals surface area contributed by atoms with E-state index in [0.29, 0.717) is 0 Å². The number of hydrogen-bond donors (Lipinski definition) is 0. The highest BCUT2D eigenvalue weighted by molar-refractivity contribution is 5.16. The van der Waals surface area contributed by atoms with Gasteiger partial charge in [0.1, 0.15) is 0 Å². The summed E-state index contributed by atoms with van der Waals surface area (Å²) in [4.78, 5) is 0. The maximum atomic E-state index is 13.1. The smallest absolute Gasteiger partial charge is 0.200 e. The first-order valence-electron chi connectivity index (χ1n) is 6.09. The Morgan fingerprint density at radius 3 is 0.621 bits per heavy atom. The second-order valence-electron chi connectivity index (χ2n) is 5.41. The van der Waals surface area contributed by atoms with Crippen molar-refractivity contribution in [2.45, 2.75) is 60.5 Å². The zero-order valence-corrected chi connectivity index (χ0v) is 12.7. The Bertz CT molecular complexity index is 549. The Morgan fingerprint density at radius 2 is 0.448 bits per heavy atom. The van der Waals surface area contributed by atoms with Crippen LogP contribution in [0.2, 0.25) is 0 Å². The molecule has 0 fully saturated rings. The average molecular weight is 484 g/mol. The van der Waals surface area contributed by atoms with Crippen molar-refractivity contribution in [3.05, 3.63) is 0 Å². The summed E-state index contributed by atoms with van der Waals surface area (Å²) in [6.07, 6.45) is -7.87. The lowest BCUT2D eigenvalue weighted by Crippen LogP contribution is -2.75. The fraction of sp³-hybridized carbons (Fsp3) is 1.00. The van der Waals surface area contributed by atoms with Gasteiger partial charge in [0.15, 0.2) is 0 Å². The molecule has 0 aliphatic rings. The molecule has 0 rings (SSSR count). The number of halogens is 19. The normalized spacial score (nSPS) is 17.0. The summed E-state index contributed by atoms with van der Waals surface area (Å²) in [6, 6.07) is 0. The molecule has 0 bridgehead atoms. The van der Waals surface area contributed by atoms with Crippen LogP contribution in [0.15, 0.2) is 0 Å². The van der Waals surface area contributed by atoms with Gasteiger partial charge in [-0.15, -0.1) is 0 Å². The molecule has 0 atom stereocenters. The first-order valence-corrected chi connectivity index (χ1v) is 6.09. The Hall–Kier alpha value is -1.33. The van der Waals surface area contributed by atoms with Crippen molar-refractivity contribution in [1.29, 1.82) is 0 Å². The third-order valence-electron chi connectivity index (χ3n) is 3.27. The molecule has 0 aliphatic carbocycles. The van der Waals surface area contributed by atoms with Gasteiger partial charge < -0.3 is 0 Å². The summed E-state index contributed by atoms with van der Waals surface area (Å²) in [5.41, 5.74) is 0. The highest BCUT2D eigenvalue weighted by Crippen LogP contribution is 2.65. The number of hydrogen-bond acceptors (Lipinski definition) is 0. The van der Waals surface area contributed by atoms with E-state index in [1.807, 2.05) is 0 Å². The van der Waals surface area contributed by atoms with Gasteiger partial charge >= 0.3 is 53.6 Å². The molecule has 0 aromatic carbocycles. The minimum atomic E-state index is -8.85. The summed E-state index contributed by atoms with van der Waals surface area (Å²) in [6.45, 7) is -1.33. The lowest BCUT2D eigenvalue weighted by Gasteiger charge is -2.43. The van der Waals surface area contributed by atoms with E-state index in [1.165, 1.54) is 0 Å². The zero-order chi connectivity index (χ0) is 24.5. The van der Waals surface area contributed by atoms with Gasteiger partial charge in [-0.1, -0.05) is 0 Å². The molecule has 0 radical (unpaired) electrons. The third kappa shape index (κ3) is 3.25. The molecule has 29 heavy (non-hydrogen) atoms. The van der Waals surface area contributed by atoms with Gasteiger partial charge in [0.2, 0.25) is 0 Å². The van der Waals surface area contributed by atoms with Crippen LogP contribution in [-0.4, -0.2) is 53.6 Å².